The second kappa shape index (κ2) is 4.38. The van der Waals surface area contributed by atoms with Gasteiger partial charge in [0.2, 0.25) is 0 Å². The molecule has 0 atom stereocenters. The van der Waals surface area contributed by atoms with Gasteiger partial charge in [-0.15, -0.1) is 0 Å². The summed E-state index contributed by atoms with van der Waals surface area (Å²) in [7, 11) is 0. The molecule has 0 saturated carbocycles. The highest BCUT2D eigenvalue weighted by atomic mass is 32.1. The Labute approximate surface area is 116 Å². The summed E-state index contributed by atoms with van der Waals surface area (Å²) in [5.41, 5.74) is 0.936. The number of hydrogen-bond donors (Lipinski definition) is 2. The number of non-ortho nitro benzene ring substituents is 1. The van der Waals surface area contributed by atoms with E-state index >= 15 is 0 Å². The van der Waals surface area contributed by atoms with Gasteiger partial charge in [-0.2, -0.15) is 0 Å². The Hall–Kier alpha value is -2.81. The molecular weight excluding hydrogens is 282 g/mol. The van der Waals surface area contributed by atoms with E-state index in [1.165, 1.54) is 12.3 Å². The molecule has 9 heteroatoms. The van der Waals surface area contributed by atoms with Crippen LogP contribution in [-0.2, 0) is 0 Å². The van der Waals surface area contributed by atoms with Crippen molar-refractivity contribution < 1.29 is 10.0 Å². The molecule has 20 heavy (non-hydrogen) atoms. The molecule has 0 aliphatic heterocycles. The van der Waals surface area contributed by atoms with Crippen LogP contribution in [0.3, 0.4) is 0 Å². The molecule has 2 aromatic heterocycles. The van der Waals surface area contributed by atoms with Crippen molar-refractivity contribution in [3.05, 3.63) is 39.3 Å². The van der Waals surface area contributed by atoms with Crippen molar-refractivity contribution in [2.75, 3.05) is 0 Å². The van der Waals surface area contributed by atoms with Crippen molar-refractivity contribution in [1.29, 1.82) is 0 Å². The maximum atomic E-state index is 11.8. The van der Waals surface area contributed by atoms with E-state index < -0.39 is 4.92 Å². The number of aromatic amines is 2. The molecule has 0 saturated heterocycles. The number of aromatic nitrogens is 4. The van der Waals surface area contributed by atoms with Crippen LogP contribution in [0.4, 0.5) is 5.69 Å². The van der Waals surface area contributed by atoms with Crippen molar-refractivity contribution >= 4 is 29.1 Å². The van der Waals surface area contributed by atoms with E-state index in [2.05, 4.69) is 19.9 Å². The maximum Gasteiger partial charge on any atom is 0.270 e. The molecule has 0 unspecified atom stereocenters. The molecule has 2 N–H and O–H groups in total. The lowest BCUT2D eigenvalue weighted by atomic mass is 10.1. The van der Waals surface area contributed by atoms with Gasteiger partial charge in [-0.1, -0.05) is 11.8 Å². The van der Waals surface area contributed by atoms with Gasteiger partial charge < -0.3 is 15.1 Å². The molecule has 3 rings (SSSR count). The third-order valence-electron chi connectivity index (χ3n) is 2.70. The lowest BCUT2D eigenvalue weighted by Gasteiger charge is -2.10. The van der Waals surface area contributed by atoms with Gasteiger partial charge in [0.05, 0.1) is 11.1 Å². The minimum Gasteiger partial charge on any atom is -0.872 e. The summed E-state index contributed by atoms with van der Waals surface area (Å²) < 4.78 is 0.261. The van der Waals surface area contributed by atoms with Crippen molar-refractivity contribution in [3.8, 4) is 17.1 Å². The number of nitro benzene ring substituents is 1. The van der Waals surface area contributed by atoms with Crippen LogP contribution >= 0.6 is 12.2 Å². The second-order valence-electron chi connectivity index (χ2n) is 3.97. The number of nitrogens with one attached hydrogen (secondary N) is 2. The molecule has 0 radical (unpaired) electrons. The van der Waals surface area contributed by atoms with Gasteiger partial charge >= 0.3 is 0 Å². The molecule has 0 aliphatic carbocycles. The van der Waals surface area contributed by atoms with E-state index in [1.54, 1.807) is 0 Å². The van der Waals surface area contributed by atoms with Gasteiger partial charge in [-0.3, -0.25) is 10.1 Å². The average Bonchev–Trinajstić information content (AvgIpc) is 2.81. The Kier molecular flexibility index (Phi) is 2.68. The first-order valence-electron chi connectivity index (χ1n) is 5.45. The topological polar surface area (TPSA) is 124 Å². The fraction of sp³-hybridized carbons (Fsp3) is 0. The third-order valence-corrected chi connectivity index (χ3v) is 2.90. The molecule has 0 bridgehead atoms. The van der Waals surface area contributed by atoms with Gasteiger partial charge in [-0.05, 0) is 12.2 Å². The SMILES string of the molecule is O=[N+]([O-])c1ccc([O-])c(-c2nc3[nH]c(=S)ncc3[nH]2)c1. The van der Waals surface area contributed by atoms with Crippen molar-refractivity contribution in [2.24, 2.45) is 0 Å². The number of hydrogen-bond acceptors (Lipinski definition) is 6. The molecule has 0 aliphatic rings. The Bertz CT molecular complexity index is 885. The van der Waals surface area contributed by atoms with Gasteiger partial charge in [0, 0.05) is 17.7 Å². The first-order chi connectivity index (χ1) is 9.54. The van der Waals surface area contributed by atoms with Gasteiger partial charge in [0.1, 0.15) is 11.3 Å². The minimum absolute atomic E-state index is 0.120. The van der Waals surface area contributed by atoms with Crippen LogP contribution in [0.15, 0.2) is 24.4 Å². The Balaban J connectivity index is 2.21. The average molecular weight is 288 g/mol. The van der Waals surface area contributed by atoms with Crippen LogP contribution in [0.1, 0.15) is 0 Å². The van der Waals surface area contributed by atoms with Crippen molar-refractivity contribution in [2.45, 2.75) is 0 Å². The highest BCUT2D eigenvalue weighted by Crippen LogP contribution is 2.29. The van der Waals surface area contributed by atoms with E-state index in [0.717, 1.165) is 12.1 Å². The number of fused-ring (bicyclic) bond motifs is 1. The smallest absolute Gasteiger partial charge is 0.270 e. The molecule has 8 nitrogen and oxygen atoms in total. The molecular formula is C11H6N5O3S-. The summed E-state index contributed by atoms with van der Waals surface area (Å²) in [6.07, 6.45) is 1.48. The number of nitrogens with zero attached hydrogens (tertiary/aromatic N) is 3. The van der Waals surface area contributed by atoms with E-state index in [4.69, 9.17) is 12.2 Å². The number of benzene rings is 1. The molecule has 0 spiro atoms. The van der Waals surface area contributed by atoms with E-state index in [-0.39, 0.29) is 27.6 Å². The van der Waals surface area contributed by atoms with Crippen LogP contribution in [-0.4, -0.2) is 24.9 Å². The van der Waals surface area contributed by atoms with Crippen LogP contribution in [0.2, 0.25) is 0 Å². The Morgan fingerprint density at radius 1 is 1.30 bits per heavy atom. The minimum atomic E-state index is -0.569. The zero-order chi connectivity index (χ0) is 14.3. The number of rotatable bonds is 2. The second-order valence-corrected chi connectivity index (χ2v) is 4.36. The zero-order valence-electron chi connectivity index (χ0n) is 9.78. The normalized spacial score (nSPS) is 10.8. The van der Waals surface area contributed by atoms with Gasteiger partial charge in [0.15, 0.2) is 10.4 Å². The van der Waals surface area contributed by atoms with Gasteiger partial charge in [-0.25, -0.2) is 9.97 Å². The van der Waals surface area contributed by atoms with Crippen molar-refractivity contribution in [3.63, 3.8) is 0 Å². The quantitative estimate of drug-likeness (QED) is 0.420. The molecule has 0 fully saturated rings. The summed E-state index contributed by atoms with van der Waals surface area (Å²) in [5, 5.41) is 22.6. The zero-order valence-corrected chi connectivity index (χ0v) is 10.6. The highest BCUT2D eigenvalue weighted by molar-refractivity contribution is 7.71. The summed E-state index contributed by atoms with van der Waals surface area (Å²) in [6, 6.07) is 3.48. The fourth-order valence-electron chi connectivity index (χ4n) is 1.78. The predicted octanol–water partition coefficient (Wildman–Crippen LogP) is 1.66. The number of nitro groups is 1. The first-order valence-corrected chi connectivity index (χ1v) is 5.86. The monoisotopic (exact) mass is 288 g/mol. The lowest BCUT2D eigenvalue weighted by molar-refractivity contribution is -0.385. The molecule has 100 valence electrons. The molecule has 0 amide bonds. The number of imidazole rings is 1. The molecule has 3 aromatic rings. The first kappa shape index (κ1) is 12.2. The summed E-state index contributed by atoms with van der Waals surface area (Å²) in [4.78, 5) is 23.9. The lowest BCUT2D eigenvalue weighted by Crippen LogP contribution is -1.96. The number of H-pyrrole nitrogens is 2. The van der Waals surface area contributed by atoms with Crippen LogP contribution in [0.25, 0.3) is 22.6 Å². The largest absolute Gasteiger partial charge is 0.872 e. The Morgan fingerprint density at radius 3 is 2.85 bits per heavy atom. The highest BCUT2D eigenvalue weighted by Gasteiger charge is 2.11. The van der Waals surface area contributed by atoms with E-state index in [1.807, 2.05) is 0 Å². The van der Waals surface area contributed by atoms with Crippen LogP contribution in [0, 0.1) is 14.9 Å². The van der Waals surface area contributed by atoms with Crippen LogP contribution < -0.4 is 5.11 Å². The predicted molar refractivity (Wildman–Crippen MR) is 70.6 cm³/mol. The van der Waals surface area contributed by atoms with Gasteiger partial charge in [0.25, 0.3) is 5.69 Å². The third kappa shape index (κ3) is 1.99. The van der Waals surface area contributed by atoms with Crippen molar-refractivity contribution in [1.82, 2.24) is 19.9 Å². The maximum absolute atomic E-state index is 11.8. The summed E-state index contributed by atoms with van der Waals surface area (Å²) in [6.45, 7) is 0. The standard InChI is InChI=1S/C11H7N5O3S/c17-8-2-1-5(16(18)19)3-6(8)9-13-7-4-12-11(20)15-10(7)14-9/h1-4,17H,(H2,12,13,14,15,20)/p-1. The molecule has 2 heterocycles. The fourth-order valence-corrected chi connectivity index (χ4v) is 1.93. The Morgan fingerprint density at radius 2 is 2.10 bits per heavy atom. The van der Waals surface area contributed by atoms with E-state index in [0.29, 0.717) is 11.2 Å². The summed E-state index contributed by atoms with van der Waals surface area (Å²) >= 11 is 4.87. The van der Waals surface area contributed by atoms with E-state index in [9.17, 15) is 15.2 Å². The van der Waals surface area contributed by atoms with Crippen LogP contribution in [0.5, 0.6) is 5.75 Å². The molecule has 1 aromatic carbocycles. The summed E-state index contributed by atoms with van der Waals surface area (Å²) in [5.74, 6) is -0.131.